The highest BCUT2D eigenvalue weighted by Gasteiger charge is 2.42. The van der Waals surface area contributed by atoms with E-state index in [4.69, 9.17) is 4.74 Å². The summed E-state index contributed by atoms with van der Waals surface area (Å²) < 4.78 is 5.27. The highest BCUT2D eigenvalue weighted by Crippen LogP contribution is 2.26. The number of hydrogen-bond donors (Lipinski definition) is 2. The lowest BCUT2D eigenvalue weighted by Gasteiger charge is -2.38. The Hall–Kier alpha value is -0.610. The number of nitrogens with one attached hydrogen (secondary N) is 2. The summed E-state index contributed by atoms with van der Waals surface area (Å²) in [6.45, 7) is 4.15. The summed E-state index contributed by atoms with van der Waals surface area (Å²) >= 11 is 0. The first kappa shape index (κ1) is 12.8. The quantitative estimate of drug-likeness (QED) is 0.725. The topological polar surface area (TPSA) is 50.4 Å². The number of carbonyl (C=O) groups is 1. The van der Waals surface area contributed by atoms with Gasteiger partial charge in [0.15, 0.2) is 0 Å². The maximum absolute atomic E-state index is 12.2. The van der Waals surface area contributed by atoms with Crippen LogP contribution in [0.15, 0.2) is 0 Å². The van der Waals surface area contributed by atoms with Crippen molar-refractivity contribution in [2.24, 2.45) is 0 Å². The minimum atomic E-state index is -0.420. The van der Waals surface area contributed by atoms with E-state index in [2.05, 4.69) is 10.6 Å². The van der Waals surface area contributed by atoms with Crippen molar-refractivity contribution in [1.29, 1.82) is 0 Å². The fourth-order valence-electron chi connectivity index (χ4n) is 2.99. The molecule has 0 aromatic heterocycles. The van der Waals surface area contributed by atoms with Crippen LogP contribution in [-0.4, -0.2) is 37.2 Å². The molecule has 4 nitrogen and oxygen atoms in total. The van der Waals surface area contributed by atoms with Gasteiger partial charge in [-0.2, -0.15) is 0 Å². The van der Waals surface area contributed by atoms with Gasteiger partial charge in [0.2, 0.25) is 0 Å². The van der Waals surface area contributed by atoms with E-state index in [1.807, 2.05) is 6.92 Å². The summed E-state index contributed by atoms with van der Waals surface area (Å²) in [5.74, 6) is -0.0478. The van der Waals surface area contributed by atoms with Crippen LogP contribution in [0.25, 0.3) is 0 Å². The van der Waals surface area contributed by atoms with Crippen molar-refractivity contribution in [2.45, 2.75) is 57.0 Å². The summed E-state index contributed by atoms with van der Waals surface area (Å²) in [5, 5.41) is 6.91. The minimum Gasteiger partial charge on any atom is -0.465 e. The van der Waals surface area contributed by atoms with Crippen molar-refractivity contribution in [1.82, 2.24) is 10.6 Å². The normalized spacial score (nSPS) is 24.8. The number of esters is 1. The Kier molecular flexibility index (Phi) is 4.40. The fourth-order valence-corrected chi connectivity index (χ4v) is 2.99. The fraction of sp³-hybridized carbons (Fsp3) is 0.923. The van der Waals surface area contributed by atoms with Gasteiger partial charge in [0.25, 0.3) is 0 Å². The zero-order chi connectivity index (χ0) is 12.1. The van der Waals surface area contributed by atoms with Gasteiger partial charge in [-0.05, 0) is 45.7 Å². The van der Waals surface area contributed by atoms with Crippen LogP contribution in [0, 0.1) is 0 Å². The molecule has 0 unspecified atom stereocenters. The molecule has 0 radical (unpaired) electrons. The number of carbonyl (C=O) groups excluding carboxylic acids is 1. The molecule has 2 N–H and O–H groups in total. The summed E-state index contributed by atoms with van der Waals surface area (Å²) in [7, 11) is 0. The number of hydrogen-bond acceptors (Lipinski definition) is 4. The van der Waals surface area contributed by atoms with Gasteiger partial charge in [-0.15, -0.1) is 0 Å². The smallest absolute Gasteiger partial charge is 0.326 e. The molecule has 4 heteroatoms. The van der Waals surface area contributed by atoms with Crippen LogP contribution in [0.1, 0.15) is 45.4 Å². The molecule has 17 heavy (non-hydrogen) atoms. The van der Waals surface area contributed by atoms with E-state index in [9.17, 15) is 4.79 Å². The third-order valence-corrected chi connectivity index (χ3v) is 3.96. The minimum absolute atomic E-state index is 0.0478. The Morgan fingerprint density at radius 3 is 2.59 bits per heavy atom. The first-order valence-electron chi connectivity index (χ1n) is 6.92. The zero-order valence-electron chi connectivity index (χ0n) is 10.8. The van der Waals surface area contributed by atoms with Crippen molar-refractivity contribution < 1.29 is 9.53 Å². The first-order chi connectivity index (χ1) is 8.27. The molecule has 0 aromatic rings. The van der Waals surface area contributed by atoms with Crippen LogP contribution in [0.2, 0.25) is 0 Å². The number of piperidine rings is 1. The van der Waals surface area contributed by atoms with E-state index < -0.39 is 5.54 Å². The standard InChI is InChI=1S/C13H24N2O2/c1-2-17-12(16)13(7-9-14-10-8-13)15-11-5-3-4-6-11/h11,14-15H,2-10H2,1H3. The van der Waals surface area contributed by atoms with Crippen LogP contribution in [-0.2, 0) is 9.53 Å². The van der Waals surface area contributed by atoms with Crippen molar-refractivity contribution in [3.63, 3.8) is 0 Å². The average Bonchev–Trinajstić information content (AvgIpc) is 2.83. The van der Waals surface area contributed by atoms with Crippen LogP contribution in [0.4, 0.5) is 0 Å². The van der Waals surface area contributed by atoms with E-state index in [1.54, 1.807) is 0 Å². The molecule has 1 saturated heterocycles. The SMILES string of the molecule is CCOC(=O)C1(NC2CCCC2)CCNCC1. The summed E-state index contributed by atoms with van der Waals surface area (Å²) in [4.78, 5) is 12.2. The molecule has 0 bridgehead atoms. The molecule has 1 heterocycles. The maximum atomic E-state index is 12.2. The lowest BCUT2D eigenvalue weighted by atomic mass is 9.87. The molecule has 1 aliphatic carbocycles. The highest BCUT2D eigenvalue weighted by atomic mass is 16.5. The molecular weight excluding hydrogens is 216 g/mol. The Bertz CT molecular complexity index is 256. The summed E-state index contributed by atoms with van der Waals surface area (Å²) in [5.41, 5.74) is -0.420. The van der Waals surface area contributed by atoms with Gasteiger partial charge >= 0.3 is 5.97 Å². The van der Waals surface area contributed by atoms with Gasteiger partial charge in [-0.25, -0.2) is 0 Å². The van der Waals surface area contributed by atoms with Crippen molar-refractivity contribution in [3.05, 3.63) is 0 Å². The van der Waals surface area contributed by atoms with Gasteiger partial charge in [0, 0.05) is 6.04 Å². The van der Waals surface area contributed by atoms with Gasteiger partial charge in [-0.1, -0.05) is 12.8 Å². The largest absolute Gasteiger partial charge is 0.465 e. The van der Waals surface area contributed by atoms with Crippen LogP contribution < -0.4 is 10.6 Å². The molecule has 98 valence electrons. The highest BCUT2D eigenvalue weighted by molar-refractivity contribution is 5.81. The Balaban J connectivity index is 2.02. The lowest BCUT2D eigenvalue weighted by Crippen LogP contribution is -2.60. The van der Waals surface area contributed by atoms with Crippen LogP contribution in [0.5, 0.6) is 0 Å². The average molecular weight is 240 g/mol. The Morgan fingerprint density at radius 1 is 1.35 bits per heavy atom. The summed E-state index contributed by atoms with van der Waals surface area (Å²) in [6, 6.07) is 0.512. The van der Waals surface area contributed by atoms with E-state index in [1.165, 1.54) is 25.7 Å². The maximum Gasteiger partial charge on any atom is 0.326 e. The molecule has 2 fully saturated rings. The molecule has 2 aliphatic rings. The zero-order valence-corrected chi connectivity index (χ0v) is 10.8. The van der Waals surface area contributed by atoms with Gasteiger partial charge in [-0.3, -0.25) is 10.1 Å². The number of ether oxygens (including phenoxy) is 1. The summed E-state index contributed by atoms with van der Waals surface area (Å²) in [6.07, 6.45) is 6.68. The van der Waals surface area contributed by atoms with Crippen molar-refractivity contribution in [2.75, 3.05) is 19.7 Å². The van der Waals surface area contributed by atoms with E-state index in [-0.39, 0.29) is 5.97 Å². The molecular formula is C13H24N2O2. The first-order valence-corrected chi connectivity index (χ1v) is 6.92. The molecule has 0 amide bonds. The molecule has 2 rings (SSSR count). The van der Waals surface area contributed by atoms with Gasteiger partial charge in [0.05, 0.1) is 6.61 Å². The van der Waals surface area contributed by atoms with Crippen LogP contribution in [0.3, 0.4) is 0 Å². The van der Waals surface area contributed by atoms with Crippen molar-refractivity contribution in [3.8, 4) is 0 Å². The van der Waals surface area contributed by atoms with E-state index in [0.29, 0.717) is 12.6 Å². The lowest BCUT2D eigenvalue weighted by molar-refractivity contribution is -0.153. The predicted octanol–water partition coefficient (Wildman–Crippen LogP) is 1.20. The predicted molar refractivity (Wildman–Crippen MR) is 66.9 cm³/mol. The molecule has 1 saturated carbocycles. The third kappa shape index (κ3) is 2.99. The van der Waals surface area contributed by atoms with Gasteiger partial charge in [0.1, 0.15) is 5.54 Å². The third-order valence-electron chi connectivity index (χ3n) is 3.96. The molecule has 0 aromatic carbocycles. The Morgan fingerprint density at radius 2 is 2.00 bits per heavy atom. The molecule has 1 aliphatic heterocycles. The van der Waals surface area contributed by atoms with Crippen LogP contribution >= 0.6 is 0 Å². The Labute approximate surface area is 103 Å². The second kappa shape index (κ2) is 5.83. The number of rotatable bonds is 4. The second-order valence-electron chi connectivity index (χ2n) is 5.18. The molecule has 0 spiro atoms. The van der Waals surface area contributed by atoms with E-state index >= 15 is 0 Å². The van der Waals surface area contributed by atoms with Crippen molar-refractivity contribution >= 4 is 5.97 Å². The monoisotopic (exact) mass is 240 g/mol. The van der Waals surface area contributed by atoms with E-state index in [0.717, 1.165) is 25.9 Å². The van der Waals surface area contributed by atoms with Gasteiger partial charge < -0.3 is 10.1 Å². The molecule has 0 atom stereocenters. The second-order valence-corrected chi connectivity index (χ2v) is 5.18.